The van der Waals surface area contributed by atoms with Crippen molar-refractivity contribution in [2.24, 2.45) is 0 Å². The minimum Gasteiger partial charge on any atom is -0.508 e. The van der Waals surface area contributed by atoms with Crippen molar-refractivity contribution in [3.8, 4) is 11.4 Å². The Labute approximate surface area is 177 Å². The minimum atomic E-state index is -0.130. The lowest BCUT2D eigenvalue weighted by atomic mass is 10.1. The number of aryl methyl sites for hydroxylation is 3. The normalized spacial score (nSPS) is 13.8. The van der Waals surface area contributed by atoms with Gasteiger partial charge in [-0.1, -0.05) is 18.7 Å². The first-order chi connectivity index (χ1) is 13.9. The Balaban J connectivity index is 1.85. The number of aromatic hydroxyl groups is 1. The van der Waals surface area contributed by atoms with Crippen molar-refractivity contribution in [1.29, 1.82) is 0 Å². The fourth-order valence-electron chi connectivity index (χ4n) is 3.45. The molecule has 1 aliphatic rings. The lowest BCUT2D eigenvalue weighted by molar-refractivity contribution is -0.118. The highest BCUT2D eigenvalue weighted by molar-refractivity contribution is 7.99. The van der Waals surface area contributed by atoms with Crippen molar-refractivity contribution in [1.82, 2.24) is 14.9 Å². The summed E-state index contributed by atoms with van der Waals surface area (Å²) in [6, 6.07) is 5.21. The van der Waals surface area contributed by atoms with Crippen LogP contribution in [0.1, 0.15) is 35.8 Å². The molecule has 0 aliphatic heterocycles. The van der Waals surface area contributed by atoms with E-state index in [2.05, 4.69) is 5.32 Å². The quantitative estimate of drug-likeness (QED) is 0.461. The van der Waals surface area contributed by atoms with Crippen LogP contribution in [0.15, 0.2) is 28.2 Å². The van der Waals surface area contributed by atoms with Gasteiger partial charge in [-0.15, -0.1) is 11.3 Å². The molecule has 0 spiro atoms. The van der Waals surface area contributed by atoms with Gasteiger partial charge in [-0.2, -0.15) is 0 Å². The van der Waals surface area contributed by atoms with Crippen molar-refractivity contribution in [3.63, 3.8) is 0 Å². The maximum absolute atomic E-state index is 13.6. The molecule has 0 atom stereocenters. The molecule has 0 saturated heterocycles. The molecule has 4 rings (SSSR count). The maximum atomic E-state index is 13.6. The molecular weight excluding hydrogens is 406 g/mol. The van der Waals surface area contributed by atoms with Crippen molar-refractivity contribution in [3.05, 3.63) is 44.6 Å². The van der Waals surface area contributed by atoms with E-state index in [1.807, 2.05) is 20.8 Å². The van der Waals surface area contributed by atoms with Gasteiger partial charge in [-0.3, -0.25) is 14.2 Å². The number of carbonyl (C=O) groups excluding carboxylic acids is 1. The predicted molar refractivity (Wildman–Crippen MR) is 118 cm³/mol. The maximum Gasteiger partial charge on any atom is 0.267 e. The molecule has 29 heavy (non-hydrogen) atoms. The van der Waals surface area contributed by atoms with Gasteiger partial charge in [0, 0.05) is 10.9 Å². The number of hydrogen-bond acceptors (Lipinski definition) is 6. The third-order valence-electron chi connectivity index (χ3n) is 5.05. The number of amides is 1. The van der Waals surface area contributed by atoms with E-state index in [-0.39, 0.29) is 23.0 Å². The Bertz CT molecular complexity index is 1160. The molecule has 6 nitrogen and oxygen atoms in total. The molecule has 0 unspecified atom stereocenters. The standard InChI is InChI=1S/C21H23N3O3S2/c1-4-15-12(3)29-19-18(15)20(27)24(16-8-7-14(25)9-11(16)2)21(23-19)28-10-17(26)22-13-5-6-13/h7-9,13,25H,4-6,10H2,1-3H3,(H,22,26). The molecule has 1 saturated carbocycles. The van der Waals surface area contributed by atoms with E-state index < -0.39 is 0 Å². The highest BCUT2D eigenvalue weighted by Crippen LogP contribution is 2.31. The molecule has 2 heterocycles. The van der Waals surface area contributed by atoms with Crippen LogP contribution in [0.5, 0.6) is 5.75 Å². The van der Waals surface area contributed by atoms with Crippen LogP contribution in [0, 0.1) is 13.8 Å². The molecule has 1 amide bonds. The summed E-state index contributed by atoms with van der Waals surface area (Å²) < 4.78 is 1.58. The minimum absolute atomic E-state index is 0.0440. The van der Waals surface area contributed by atoms with Gasteiger partial charge in [-0.05, 0) is 62.4 Å². The Morgan fingerprint density at radius 2 is 2.14 bits per heavy atom. The second-order valence-corrected chi connectivity index (χ2v) is 9.45. The highest BCUT2D eigenvalue weighted by atomic mass is 32.2. The van der Waals surface area contributed by atoms with Gasteiger partial charge in [0.1, 0.15) is 10.6 Å². The number of thiophene rings is 1. The van der Waals surface area contributed by atoms with Crippen molar-refractivity contribution >= 4 is 39.2 Å². The molecule has 2 N–H and O–H groups in total. The van der Waals surface area contributed by atoms with Gasteiger partial charge in [0.25, 0.3) is 5.56 Å². The molecule has 1 aromatic carbocycles. The number of benzene rings is 1. The zero-order chi connectivity index (χ0) is 20.7. The predicted octanol–water partition coefficient (Wildman–Crippen LogP) is 3.70. The van der Waals surface area contributed by atoms with Crippen molar-refractivity contribution < 1.29 is 9.90 Å². The Morgan fingerprint density at radius 3 is 2.79 bits per heavy atom. The van der Waals surface area contributed by atoms with E-state index in [4.69, 9.17) is 4.98 Å². The van der Waals surface area contributed by atoms with Gasteiger partial charge in [0.05, 0.1) is 16.8 Å². The third-order valence-corrected chi connectivity index (χ3v) is 7.03. The van der Waals surface area contributed by atoms with Crippen LogP contribution in [0.2, 0.25) is 0 Å². The van der Waals surface area contributed by atoms with E-state index in [1.54, 1.807) is 22.8 Å². The first kappa shape index (κ1) is 20.0. The first-order valence-electron chi connectivity index (χ1n) is 9.66. The third kappa shape index (κ3) is 3.91. The van der Waals surface area contributed by atoms with Gasteiger partial charge in [0.2, 0.25) is 5.91 Å². The van der Waals surface area contributed by atoms with E-state index >= 15 is 0 Å². The highest BCUT2D eigenvalue weighted by Gasteiger charge is 2.24. The van der Waals surface area contributed by atoms with E-state index in [0.29, 0.717) is 27.1 Å². The molecule has 152 valence electrons. The molecule has 2 aromatic heterocycles. The number of phenolic OH excluding ortho intramolecular Hbond substituents is 1. The van der Waals surface area contributed by atoms with E-state index in [9.17, 15) is 14.7 Å². The lowest BCUT2D eigenvalue weighted by Crippen LogP contribution is -2.28. The molecule has 1 aliphatic carbocycles. The summed E-state index contributed by atoms with van der Waals surface area (Å²) in [5.74, 6) is 0.306. The zero-order valence-corrected chi connectivity index (χ0v) is 18.2. The fourth-order valence-corrected chi connectivity index (χ4v) is 5.42. The first-order valence-corrected chi connectivity index (χ1v) is 11.5. The number of fused-ring (bicyclic) bond motifs is 1. The van der Waals surface area contributed by atoms with Gasteiger partial charge >= 0.3 is 0 Å². The average molecular weight is 430 g/mol. The second-order valence-electron chi connectivity index (χ2n) is 7.31. The van der Waals surface area contributed by atoms with Crippen LogP contribution in [-0.4, -0.2) is 32.4 Å². The van der Waals surface area contributed by atoms with Crippen LogP contribution in [-0.2, 0) is 11.2 Å². The number of hydrogen-bond donors (Lipinski definition) is 2. The number of nitrogens with one attached hydrogen (secondary N) is 1. The second kappa shape index (κ2) is 7.84. The van der Waals surface area contributed by atoms with Crippen molar-refractivity contribution in [2.45, 2.75) is 51.2 Å². The summed E-state index contributed by atoms with van der Waals surface area (Å²) in [7, 11) is 0. The number of nitrogens with zero attached hydrogens (tertiary/aromatic N) is 2. The number of aromatic nitrogens is 2. The summed E-state index contributed by atoms with van der Waals surface area (Å²) >= 11 is 2.79. The smallest absolute Gasteiger partial charge is 0.267 e. The average Bonchev–Trinajstić information content (AvgIpc) is 3.41. The summed E-state index contributed by atoms with van der Waals surface area (Å²) in [6.45, 7) is 5.89. The Kier molecular flexibility index (Phi) is 5.40. The van der Waals surface area contributed by atoms with Gasteiger partial charge < -0.3 is 10.4 Å². The van der Waals surface area contributed by atoms with E-state index in [1.165, 1.54) is 23.1 Å². The zero-order valence-electron chi connectivity index (χ0n) is 16.6. The fraction of sp³-hybridized carbons (Fsp3) is 0.381. The molecule has 0 radical (unpaired) electrons. The molecule has 0 bridgehead atoms. The summed E-state index contributed by atoms with van der Waals surface area (Å²) in [4.78, 5) is 32.3. The summed E-state index contributed by atoms with van der Waals surface area (Å²) in [5.41, 5.74) is 2.33. The monoisotopic (exact) mass is 429 g/mol. The van der Waals surface area contributed by atoms with Crippen molar-refractivity contribution in [2.75, 3.05) is 5.75 Å². The molecule has 8 heteroatoms. The van der Waals surface area contributed by atoms with Gasteiger partial charge in [0.15, 0.2) is 5.16 Å². The number of rotatable bonds is 6. The molecule has 3 aromatic rings. The summed E-state index contributed by atoms with van der Waals surface area (Å²) in [6.07, 6.45) is 2.83. The summed E-state index contributed by atoms with van der Waals surface area (Å²) in [5, 5.41) is 13.9. The topological polar surface area (TPSA) is 84.2 Å². The number of phenols is 1. The lowest BCUT2D eigenvalue weighted by Gasteiger charge is -2.15. The Hall–Kier alpha value is -2.32. The molecular formula is C21H23N3O3S2. The Morgan fingerprint density at radius 1 is 1.38 bits per heavy atom. The van der Waals surface area contributed by atoms with Crippen LogP contribution in [0.4, 0.5) is 0 Å². The number of thioether (sulfide) groups is 1. The largest absolute Gasteiger partial charge is 0.508 e. The van der Waals surface area contributed by atoms with Gasteiger partial charge in [-0.25, -0.2) is 4.98 Å². The molecule has 1 fully saturated rings. The van der Waals surface area contributed by atoms with Crippen LogP contribution >= 0.6 is 23.1 Å². The SMILES string of the molecule is CCc1c(C)sc2nc(SCC(=O)NC3CC3)n(-c3ccc(O)cc3C)c(=O)c12. The number of carbonyl (C=O) groups is 1. The van der Waals surface area contributed by atoms with E-state index in [0.717, 1.165) is 35.3 Å². The van der Waals surface area contributed by atoms with Crippen LogP contribution < -0.4 is 10.9 Å². The van der Waals surface area contributed by atoms with Crippen LogP contribution in [0.3, 0.4) is 0 Å². The van der Waals surface area contributed by atoms with Crippen LogP contribution in [0.25, 0.3) is 15.9 Å².